The summed E-state index contributed by atoms with van der Waals surface area (Å²) >= 11 is 1.46. The third kappa shape index (κ3) is 2.85. The number of carbonyl (C=O) groups excluding carboxylic acids is 1. The van der Waals surface area contributed by atoms with E-state index in [1.807, 2.05) is 22.0 Å². The molecule has 1 saturated heterocycles. The van der Waals surface area contributed by atoms with E-state index in [-0.39, 0.29) is 22.6 Å². The molecule has 6 heteroatoms. The minimum Gasteiger partial charge on any atom is -0.334 e. The monoisotopic (exact) mass is 397 g/mol. The first-order valence-electron chi connectivity index (χ1n) is 9.77. The average Bonchev–Trinajstić information content (AvgIpc) is 3.24. The van der Waals surface area contributed by atoms with Gasteiger partial charge < -0.3 is 4.90 Å². The van der Waals surface area contributed by atoms with Gasteiger partial charge in [-0.05, 0) is 42.2 Å². The SMILES string of the molecule is CC1(C)C[C@@H]2C[C@@](C)(CN2C(=O)c2csc3nc(-c4cccc(F)c4)cn23)C1. The summed E-state index contributed by atoms with van der Waals surface area (Å²) in [6, 6.07) is 6.72. The molecule has 3 heterocycles. The second-order valence-electron chi connectivity index (χ2n) is 9.56. The summed E-state index contributed by atoms with van der Waals surface area (Å²) in [4.78, 5) is 20.9. The van der Waals surface area contributed by atoms with Crippen LogP contribution < -0.4 is 0 Å². The molecule has 1 aliphatic carbocycles. The number of rotatable bonds is 2. The standard InChI is InChI=1S/C22H24FN3OS/c1-21(2)8-16-9-22(3,12-21)13-26(16)19(27)18-11-28-20-24-17(10-25(18)20)14-5-4-6-15(23)7-14/h4-7,10-11,16H,8-9,12-13H2,1-3H3/t16-,22-/m1/s1. The lowest BCUT2D eigenvalue weighted by Gasteiger charge is -2.39. The van der Waals surface area contributed by atoms with Gasteiger partial charge in [-0.1, -0.05) is 32.9 Å². The number of nitrogens with zero attached hydrogens (tertiary/aromatic N) is 3. The van der Waals surface area contributed by atoms with Gasteiger partial charge in [0, 0.05) is 29.7 Å². The maximum atomic E-state index is 13.6. The van der Waals surface area contributed by atoms with Crippen molar-refractivity contribution < 1.29 is 9.18 Å². The van der Waals surface area contributed by atoms with Crippen molar-refractivity contribution in [1.29, 1.82) is 0 Å². The van der Waals surface area contributed by atoms with Crippen LogP contribution in [0.4, 0.5) is 4.39 Å². The quantitative estimate of drug-likeness (QED) is 0.593. The fraction of sp³-hybridized carbons (Fsp3) is 0.455. The van der Waals surface area contributed by atoms with Gasteiger partial charge in [-0.3, -0.25) is 9.20 Å². The summed E-state index contributed by atoms with van der Waals surface area (Å²) in [5.41, 5.74) is 2.55. The fourth-order valence-corrected chi connectivity index (χ4v) is 6.42. The number of hydrogen-bond donors (Lipinski definition) is 0. The second kappa shape index (κ2) is 5.89. The summed E-state index contributed by atoms with van der Waals surface area (Å²) in [5, 5.41) is 1.90. The van der Waals surface area contributed by atoms with Gasteiger partial charge in [-0.15, -0.1) is 11.3 Å². The smallest absolute Gasteiger partial charge is 0.272 e. The van der Waals surface area contributed by atoms with Crippen molar-refractivity contribution in [3.8, 4) is 11.3 Å². The molecule has 1 aromatic carbocycles. The number of likely N-dealkylation sites (tertiary alicyclic amines) is 1. The lowest BCUT2D eigenvalue weighted by Crippen LogP contribution is -2.38. The summed E-state index contributed by atoms with van der Waals surface area (Å²) in [5.74, 6) is -0.203. The third-order valence-corrected chi connectivity index (χ3v) is 7.06. The summed E-state index contributed by atoms with van der Waals surface area (Å²) < 4.78 is 15.4. The van der Waals surface area contributed by atoms with Gasteiger partial charge in [-0.25, -0.2) is 9.37 Å². The molecule has 3 aromatic rings. The summed E-state index contributed by atoms with van der Waals surface area (Å²) in [6.45, 7) is 7.77. The van der Waals surface area contributed by atoms with Gasteiger partial charge in [-0.2, -0.15) is 0 Å². The number of benzene rings is 1. The predicted molar refractivity (Wildman–Crippen MR) is 109 cm³/mol. The largest absolute Gasteiger partial charge is 0.334 e. The Bertz CT molecular complexity index is 1080. The van der Waals surface area contributed by atoms with Crippen LogP contribution in [0, 0.1) is 16.6 Å². The molecule has 1 aliphatic heterocycles. The summed E-state index contributed by atoms with van der Waals surface area (Å²) in [7, 11) is 0. The number of hydrogen-bond acceptors (Lipinski definition) is 3. The van der Waals surface area contributed by atoms with Gasteiger partial charge in [0.05, 0.1) is 5.69 Å². The normalized spacial score (nSPS) is 26.1. The first-order valence-corrected chi connectivity index (χ1v) is 10.6. The number of amides is 1. The van der Waals surface area contributed by atoms with Gasteiger partial charge in [0.15, 0.2) is 4.96 Å². The number of imidazole rings is 1. The van der Waals surface area contributed by atoms with Crippen molar-refractivity contribution in [1.82, 2.24) is 14.3 Å². The molecule has 2 atom stereocenters. The van der Waals surface area contributed by atoms with Crippen molar-refractivity contribution in [2.75, 3.05) is 6.54 Å². The van der Waals surface area contributed by atoms with Crippen LogP contribution in [0.25, 0.3) is 16.2 Å². The molecular formula is C22H24FN3OS. The van der Waals surface area contributed by atoms with Crippen molar-refractivity contribution in [2.45, 2.75) is 46.1 Å². The average molecular weight is 398 g/mol. The second-order valence-corrected chi connectivity index (χ2v) is 10.4. The van der Waals surface area contributed by atoms with Crippen molar-refractivity contribution in [2.24, 2.45) is 10.8 Å². The van der Waals surface area contributed by atoms with Crippen LogP contribution in [0.5, 0.6) is 0 Å². The molecule has 2 aliphatic rings. The van der Waals surface area contributed by atoms with E-state index >= 15 is 0 Å². The maximum Gasteiger partial charge on any atom is 0.272 e. The zero-order chi connectivity index (χ0) is 19.7. The van der Waals surface area contributed by atoms with E-state index in [1.165, 1.54) is 23.5 Å². The number of halogens is 1. The van der Waals surface area contributed by atoms with Crippen LogP contribution in [0.3, 0.4) is 0 Å². The van der Waals surface area contributed by atoms with E-state index in [0.717, 1.165) is 36.3 Å². The molecule has 0 spiro atoms. The van der Waals surface area contributed by atoms with E-state index in [9.17, 15) is 9.18 Å². The molecule has 5 rings (SSSR count). The fourth-order valence-electron chi connectivity index (χ4n) is 5.57. The van der Waals surface area contributed by atoms with Crippen molar-refractivity contribution in [3.05, 3.63) is 47.4 Å². The molecule has 146 valence electrons. The highest BCUT2D eigenvalue weighted by atomic mass is 32.1. The molecule has 2 fully saturated rings. The zero-order valence-corrected chi connectivity index (χ0v) is 17.2. The molecule has 2 bridgehead atoms. The number of thiazole rings is 1. The Morgan fingerprint density at radius 3 is 2.89 bits per heavy atom. The van der Waals surface area contributed by atoms with E-state index in [4.69, 9.17) is 0 Å². The highest BCUT2D eigenvalue weighted by Gasteiger charge is 2.51. The predicted octanol–water partition coefficient (Wildman–Crippen LogP) is 5.24. The Hall–Kier alpha value is -2.21. The Morgan fingerprint density at radius 1 is 1.29 bits per heavy atom. The highest BCUT2D eigenvalue weighted by Crippen LogP contribution is 2.52. The van der Waals surface area contributed by atoms with E-state index in [0.29, 0.717) is 17.4 Å². The number of fused-ring (bicyclic) bond motifs is 3. The van der Waals surface area contributed by atoms with Gasteiger partial charge in [0.2, 0.25) is 0 Å². The zero-order valence-electron chi connectivity index (χ0n) is 16.4. The Labute approximate surface area is 168 Å². The minimum absolute atomic E-state index is 0.0841. The van der Waals surface area contributed by atoms with E-state index in [2.05, 4.69) is 30.7 Å². The Kier molecular flexibility index (Phi) is 3.76. The van der Waals surface area contributed by atoms with Crippen LogP contribution in [0.2, 0.25) is 0 Å². The third-order valence-electron chi connectivity index (χ3n) is 6.22. The molecule has 1 saturated carbocycles. The van der Waals surface area contributed by atoms with Crippen LogP contribution in [0.1, 0.15) is 50.5 Å². The van der Waals surface area contributed by atoms with Crippen LogP contribution in [0.15, 0.2) is 35.8 Å². The molecule has 1 amide bonds. The van der Waals surface area contributed by atoms with Gasteiger partial charge in [0.25, 0.3) is 5.91 Å². The molecule has 0 N–H and O–H groups in total. The maximum absolute atomic E-state index is 13.6. The van der Waals surface area contributed by atoms with E-state index < -0.39 is 0 Å². The van der Waals surface area contributed by atoms with Crippen LogP contribution in [-0.2, 0) is 0 Å². The molecular weight excluding hydrogens is 373 g/mol. The number of aromatic nitrogens is 2. The van der Waals surface area contributed by atoms with Crippen molar-refractivity contribution >= 4 is 22.2 Å². The first-order chi connectivity index (χ1) is 13.2. The lowest BCUT2D eigenvalue weighted by molar-refractivity contribution is 0.0701. The molecule has 0 unspecified atom stereocenters. The van der Waals surface area contributed by atoms with Crippen LogP contribution in [-0.4, -0.2) is 32.8 Å². The highest BCUT2D eigenvalue weighted by molar-refractivity contribution is 7.15. The Morgan fingerprint density at radius 2 is 2.11 bits per heavy atom. The number of carbonyl (C=O) groups is 1. The summed E-state index contributed by atoms with van der Waals surface area (Å²) in [6.07, 6.45) is 5.16. The van der Waals surface area contributed by atoms with Crippen molar-refractivity contribution in [3.63, 3.8) is 0 Å². The minimum atomic E-state index is -0.287. The molecule has 0 radical (unpaired) electrons. The molecule has 4 nitrogen and oxygen atoms in total. The van der Waals surface area contributed by atoms with Gasteiger partial charge in [0.1, 0.15) is 11.5 Å². The molecule has 2 aromatic heterocycles. The Balaban J connectivity index is 1.49. The van der Waals surface area contributed by atoms with Crippen LogP contribution >= 0.6 is 11.3 Å². The first kappa shape index (κ1) is 17.9. The molecule has 28 heavy (non-hydrogen) atoms. The van der Waals surface area contributed by atoms with Gasteiger partial charge >= 0.3 is 0 Å². The van der Waals surface area contributed by atoms with E-state index in [1.54, 1.807) is 6.07 Å². The lowest BCUT2D eigenvalue weighted by atomic mass is 9.65. The topological polar surface area (TPSA) is 37.6 Å².